The normalized spacial score (nSPS) is 10.0. The minimum absolute atomic E-state index is 0.188. The molecular weight excluding hydrogens is 149 g/mol. The molecule has 11 heavy (non-hydrogen) atoms. The molecule has 1 aromatic carbocycles. The average Bonchev–Trinajstić information content (AvgIpc) is 1.98. The third kappa shape index (κ3) is 1.89. The van der Waals surface area contributed by atoms with Gasteiger partial charge in [-0.25, -0.2) is 9.87 Å². The van der Waals surface area contributed by atoms with Crippen LogP contribution in [0.15, 0.2) is 18.2 Å². The molecule has 0 saturated heterocycles. The van der Waals surface area contributed by atoms with Gasteiger partial charge in [0.15, 0.2) is 11.6 Å². The summed E-state index contributed by atoms with van der Waals surface area (Å²) < 4.78 is 12.4. The smallest absolute Gasteiger partial charge is 0.164 e. The van der Waals surface area contributed by atoms with Crippen LogP contribution < -0.4 is 5.48 Å². The fourth-order valence-electron chi connectivity index (χ4n) is 0.759. The van der Waals surface area contributed by atoms with Gasteiger partial charge in [-0.15, -0.1) is 0 Å². The summed E-state index contributed by atoms with van der Waals surface area (Å²) in [4.78, 5) is 0. The van der Waals surface area contributed by atoms with Crippen LogP contribution in [0.3, 0.4) is 0 Å². The number of benzene rings is 1. The van der Waals surface area contributed by atoms with E-state index in [9.17, 15) is 4.39 Å². The van der Waals surface area contributed by atoms with Crippen molar-refractivity contribution in [3.05, 3.63) is 29.6 Å². The van der Waals surface area contributed by atoms with Gasteiger partial charge >= 0.3 is 0 Å². The van der Waals surface area contributed by atoms with Crippen molar-refractivity contribution >= 4 is 0 Å². The Morgan fingerprint density at radius 1 is 1.45 bits per heavy atom. The van der Waals surface area contributed by atoms with Crippen molar-refractivity contribution in [2.24, 2.45) is 0 Å². The standard InChI is InChI=1S/C7H8FNO2/c8-6-2-1-5(4-9-11)3-7(6)10/h1-3,9-11H,4H2. The highest BCUT2D eigenvalue weighted by Crippen LogP contribution is 2.16. The molecule has 0 unspecified atom stereocenters. The molecule has 0 radical (unpaired) electrons. The zero-order chi connectivity index (χ0) is 8.27. The van der Waals surface area contributed by atoms with Gasteiger partial charge in [-0.1, -0.05) is 6.07 Å². The molecule has 0 saturated carbocycles. The van der Waals surface area contributed by atoms with Crippen molar-refractivity contribution < 1.29 is 14.7 Å². The Bertz CT molecular complexity index is 252. The van der Waals surface area contributed by atoms with Crippen LogP contribution in [0.25, 0.3) is 0 Å². The first-order valence-corrected chi connectivity index (χ1v) is 3.08. The molecule has 0 aliphatic heterocycles. The molecule has 1 rings (SSSR count). The minimum atomic E-state index is -0.660. The summed E-state index contributed by atoms with van der Waals surface area (Å²) in [5.41, 5.74) is 2.51. The number of rotatable bonds is 2. The molecule has 0 aliphatic rings. The Morgan fingerprint density at radius 3 is 2.73 bits per heavy atom. The van der Waals surface area contributed by atoms with E-state index in [1.807, 2.05) is 5.48 Å². The van der Waals surface area contributed by atoms with Crippen molar-refractivity contribution in [3.63, 3.8) is 0 Å². The van der Waals surface area contributed by atoms with Gasteiger partial charge in [0, 0.05) is 6.54 Å². The third-order valence-electron chi connectivity index (χ3n) is 1.29. The Labute approximate surface area is 63.1 Å². The lowest BCUT2D eigenvalue weighted by Crippen LogP contribution is -2.05. The molecule has 0 atom stereocenters. The number of phenolic OH excluding ortho intramolecular Hbond substituents is 1. The zero-order valence-electron chi connectivity index (χ0n) is 5.71. The predicted octanol–water partition coefficient (Wildman–Crippen LogP) is 1.01. The summed E-state index contributed by atoms with van der Waals surface area (Å²) in [5, 5.41) is 17.1. The lowest BCUT2D eigenvalue weighted by molar-refractivity contribution is 0.161. The van der Waals surface area contributed by atoms with E-state index in [2.05, 4.69) is 0 Å². The predicted molar refractivity (Wildman–Crippen MR) is 36.7 cm³/mol. The van der Waals surface area contributed by atoms with Crippen LogP contribution in [0, 0.1) is 5.82 Å². The highest BCUT2D eigenvalue weighted by Gasteiger charge is 1.99. The van der Waals surface area contributed by atoms with Gasteiger partial charge in [-0.2, -0.15) is 0 Å². The molecule has 0 aliphatic carbocycles. The van der Waals surface area contributed by atoms with E-state index in [4.69, 9.17) is 10.3 Å². The number of hydrogen-bond donors (Lipinski definition) is 3. The fraction of sp³-hybridized carbons (Fsp3) is 0.143. The summed E-state index contributed by atoms with van der Waals surface area (Å²) in [6.07, 6.45) is 0. The Balaban J connectivity index is 2.86. The number of phenols is 1. The van der Waals surface area contributed by atoms with Gasteiger partial charge in [0.2, 0.25) is 0 Å². The van der Waals surface area contributed by atoms with E-state index in [0.717, 1.165) is 6.07 Å². The molecule has 0 amide bonds. The maximum absolute atomic E-state index is 12.4. The average molecular weight is 157 g/mol. The fourth-order valence-corrected chi connectivity index (χ4v) is 0.759. The van der Waals surface area contributed by atoms with Gasteiger partial charge in [0.1, 0.15) is 0 Å². The van der Waals surface area contributed by atoms with Crippen LogP contribution in [0.1, 0.15) is 5.56 Å². The first-order valence-electron chi connectivity index (χ1n) is 3.08. The summed E-state index contributed by atoms with van der Waals surface area (Å²) in [7, 11) is 0. The number of hydroxylamine groups is 1. The first kappa shape index (κ1) is 7.97. The second-order valence-corrected chi connectivity index (χ2v) is 2.12. The van der Waals surface area contributed by atoms with Crippen molar-refractivity contribution in [1.29, 1.82) is 0 Å². The highest BCUT2D eigenvalue weighted by molar-refractivity contribution is 5.28. The molecule has 60 valence electrons. The van der Waals surface area contributed by atoms with E-state index >= 15 is 0 Å². The number of aromatic hydroxyl groups is 1. The third-order valence-corrected chi connectivity index (χ3v) is 1.29. The maximum atomic E-state index is 12.4. The van der Waals surface area contributed by atoms with Gasteiger partial charge in [0.05, 0.1) is 0 Å². The summed E-state index contributed by atoms with van der Waals surface area (Å²) in [6, 6.07) is 3.86. The lowest BCUT2D eigenvalue weighted by Gasteiger charge is -1.99. The van der Waals surface area contributed by atoms with E-state index in [0.29, 0.717) is 5.56 Å². The topological polar surface area (TPSA) is 52.5 Å². The van der Waals surface area contributed by atoms with Crippen LogP contribution in [0.5, 0.6) is 5.75 Å². The molecule has 3 nitrogen and oxygen atoms in total. The van der Waals surface area contributed by atoms with Gasteiger partial charge in [0.25, 0.3) is 0 Å². The monoisotopic (exact) mass is 157 g/mol. The Hall–Kier alpha value is -1.13. The number of hydrogen-bond acceptors (Lipinski definition) is 3. The van der Waals surface area contributed by atoms with Crippen LogP contribution in [0.4, 0.5) is 4.39 Å². The van der Waals surface area contributed by atoms with Crippen molar-refractivity contribution in [2.75, 3.05) is 0 Å². The molecule has 0 spiro atoms. The Kier molecular flexibility index (Phi) is 2.40. The zero-order valence-corrected chi connectivity index (χ0v) is 5.71. The molecule has 1 aromatic rings. The number of halogens is 1. The van der Waals surface area contributed by atoms with E-state index < -0.39 is 11.6 Å². The summed E-state index contributed by atoms with van der Waals surface area (Å²) in [5.74, 6) is -1.07. The summed E-state index contributed by atoms with van der Waals surface area (Å²) >= 11 is 0. The van der Waals surface area contributed by atoms with Gasteiger partial charge in [-0.05, 0) is 17.7 Å². The second-order valence-electron chi connectivity index (χ2n) is 2.12. The van der Waals surface area contributed by atoms with Crippen LogP contribution in [-0.2, 0) is 6.54 Å². The molecule has 0 heterocycles. The van der Waals surface area contributed by atoms with E-state index in [1.165, 1.54) is 12.1 Å². The minimum Gasteiger partial charge on any atom is -0.505 e. The van der Waals surface area contributed by atoms with Crippen molar-refractivity contribution in [3.8, 4) is 5.75 Å². The molecule has 0 aromatic heterocycles. The second kappa shape index (κ2) is 3.32. The van der Waals surface area contributed by atoms with Gasteiger partial charge < -0.3 is 10.3 Å². The van der Waals surface area contributed by atoms with Crippen LogP contribution in [0.2, 0.25) is 0 Å². The first-order chi connectivity index (χ1) is 5.24. The number of nitrogens with one attached hydrogen (secondary N) is 1. The summed E-state index contributed by atoms with van der Waals surface area (Å²) in [6.45, 7) is 0.188. The van der Waals surface area contributed by atoms with Gasteiger partial charge in [-0.3, -0.25) is 0 Å². The SMILES string of the molecule is ONCc1ccc(F)c(O)c1. The van der Waals surface area contributed by atoms with Crippen molar-refractivity contribution in [2.45, 2.75) is 6.54 Å². The molecular formula is C7H8FNO2. The van der Waals surface area contributed by atoms with E-state index in [1.54, 1.807) is 0 Å². The highest BCUT2D eigenvalue weighted by atomic mass is 19.1. The molecule has 3 N–H and O–H groups in total. The largest absolute Gasteiger partial charge is 0.505 e. The Morgan fingerprint density at radius 2 is 2.18 bits per heavy atom. The molecule has 0 fully saturated rings. The van der Waals surface area contributed by atoms with Crippen molar-refractivity contribution in [1.82, 2.24) is 5.48 Å². The molecule has 0 bridgehead atoms. The molecule has 4 heteroatoms. The quantitative estimate of drug-likeness (QED) is 0.561. The van der Waals surface area contributed by atoms with E-state index in [-0.39, 0.29) is 6.54 Å². The van der Waals surface area contributed by atoms with Crippen LogP contribution >= 0.6 is 0 Å². The maximum Gasteiger partial charge on any atom is 0.164 e. The lowest BCUT2D eigenvalue weighted by atomic mass is 10.2. The van der Waals surface area contributed by atoms with Crippen LogP contribution in [-0.4, -0.2) is 10.3 Å².